The van der Waals surface area contributed by atoms with Crippen molar-refractivity contribution >= 4 is 30.2 Å². The number of allylic oxidation sites excluding steroid dienone is 2. The van der Waals surface area contributed by atoms with E-state index in [0.717, 1.165) is 11.9 Å². The molecular formula is C87H140O42. The summed E-state index contributed by atoms with van der Waals surface area (Å²) >= 11 is 0. The number of aliphatic carboxylic acids is 1. The Balaban J connectivity index is 0.786. The van der Waals surface area contributed by atoms with Crippen LogP contribution in [0.5, 0.6) is 0 Å². The van der Waals surface area contributed by atoms with Crippen molar-refractivity contribution in [2.45, 2.75) is 406 Å². The lowest BCUT2D eigenvalue weighted by molar-refractivity contribution is -0.391. The fourth-order valence-electron chi connectivity index (χ4n) is 22.9. The molecule has 21 N–H and O–H groups in total. The predicted octanol–water partition coefficient (Wildman–Crippen LogP) is -4.15. The second-order valence-electron chi connectivity index (χ2n) is 40.2. The van der Waals surface area contributed by atoms with Crippen molar-refractivity contribution in [3.63, 3.8) is 0 Å². The van der Waals surface area contributed by atoms with Gasteiger partial charge in [-0.3, -0.25) is 14.4 Å². The number of carbonyl (C=O) groups is 5. The summed E-state index contributed by atoms with van der Waals surface area (Å²) in [7, 11) is 0. The molecule has 7 aliphatic heterocycles. The summed E-state index contributed by atoms with van der Waals surface area (Å²) in [5.74, 6) is -9.38. The highest BCUT2D eigenvalue weighted by Gasteiger charge is 2.74. The number of carboxylic acids is 1. The fraction of sp³-hybridized carbons (Fsp3) is 0.920. The summed E-state index contributed by atoms with van der Waals surface area (Å²) in [5.41, 5.74) is -5.35. The van der Waals surface area contributed by atoms with Crippen molar-refractivity contribution in [3.8, 4) is 0 Å². The van der Waals surface area contributed by atoms with E-state index in [9.17, 15) is 126 Å². The predicted molar refractivity (Wildman–Crippen MR) is 431 cm³/mol. The Morgan fingerprint density at radius 3 is 1.68 bits per heavy atom. The Hall–Kier alpha value is -4.03. The van der Waals surface area contributed by atoms with E-state index in [-0.39, 0.29) is 43.9 Å². The summed E-state index contributed by atoms with van der Waals surface area (Å²) in [6, 6.07) is 0. The van der Waals surface area contributed by atoms with Crippen LogP contribution in [0.25, 0.3) is 0 Å². The molecule has 0 aromatic carbocycles. The van der Waals surface area contributed by atoms with E-state index < -0.39 is 347 Å². The van der Waals surface area contributed by atoms with Crippen molar-refractivity contribution in [3.05, 3.63) is 11.6 Å². The molecule has 12 aliphatic rings. The van der Waals surface area contributed by atoms with E-state index in [4.69, 9.17) is 75.8 Å². The zero-order chi connectivity index (χ0) is 94.9. The quantitative estimate of drug-likeness (QED) is 0.00759. The molecule has 47 atom stereocenters. The van der Waals surface area contributed by atoms with Crippen LogP contribution in [0.15, 0.2) is 11.6 Å². The van der Waals surface area contributed by atoms with Crippen LogP contribution in [0, 0.1) is 62.1 Å². The minimum Gasteiger partial charge on any atom is -0.479 e. The normalized spacial score (nSPS) is 48.4. The molecule has 0 amide bonds. The minimum atomic E-state index is -2.25. The Kier molecular flexibility index (Phi) is 33.0. The molecule has 42 heteroatoms. The molecule has 16 unspecified atom stereocenters. The number of hydrogen-bond donors (Lipinski definition) is 21. The number of carbonyl (C=O) groups excluding carboxylic acids is 4. The zero-order valence-electron chi connectivity index (χ0n) is 74.9. The zero-order valence-corrected chi connectivity index (χ0v) is 74.9. The van der Waals surface area contributed by atoms with E-state index >= 15 is 4.79 Å². The van der Waals surface area contributed by atoms with Gasteiger partial charge < -0.3 is 188 Å². The number of esters is 3. The van der Waals surface area contributed by atoms with Gasteiger partial charge in [0, 0.05) is 12.8 Å². The average molecular weight is 1860 g/mol. The van der Waals surface area contributed by atoms with Gasteiger partial charge in [-0.25, -0.2) is 4.79 Å². The molecule has 740 valence electrons. The maximum absolute atomic E-state index is 16.2. The standard InChI is InChI=1S/C87H140O42/c1-13-35(3)45(119-53(96)25-40(92)24-46(36(4)14-2)129-87(113)34-116-48(30-89)72(87)109)23-39(91)26-54(97)122-67-38(6)118-78(70(64(67)107)126-76-63(106)59(102)66(37(5)117-76)123-74-60(103)55(98)43(93)31-114-74)128-80(112)86-22-21-81(7,8)27-42(86)41-15-16-50-82(9)19-18-52(83(10,33-90)49(82)17-20-84(50,11)85(41,12)28-51(86)95)121-79-71(127-77-62(105)58(101)57(100)47(29-88)120-77)68(65(108)69(125-79)73(110)111)124-75-61(104)56(99)44(94)32-115-75/h15,33,35-40,42-52,55-72,74-79,88-89,91-95,98-109,113H,13-14,16-32,34H2,1-12H3,(H,110,111)/t35-,36-,37?,38?,39-,40-,42?,43?,44+,45-,46-,47?,48-,49?,50?,51+,52-,55-,56-,57-,58-,59+,60-,61?,62?,63?,64?,65+,66-,67+,68-,69?,70+,71?,72?,74?,75-,76-,77-,78-,79+,82-,83-,84+,85+,86+,87?/m0/s1. The number of aliphatic hydroxyl groups is 20. The van der Waals surface area contributed by atoms with Gasteiger partial charge in [-0.1, -0.05) is 93.7 Å². The molecule has 5 aliphatic carbocycles. The number of hydrogen-bond acceptors (Lipinski definition) is 41. The molecule has 0 aromatic heterocycles. The molecule has 129 heavy (non-hydrogen) atoms. The Morgan fingerprint density at radius 1 is 0.535 bits per heavy atom. The first-order chi connectivity index (χ1) is 60.5. The van der Waals surface area contributed by atoms with E-state index in [2.05, 4.69) is 26.8 Å². The van der Waals surface area contributed by atoms with Gasteiger partial charge in [0.15, 0.2) is 49.8 Å². The minimum absolute atomic E-state index is 0.0345. The summed E-state index contributed by atoms with van der Waals surface area (Å²) in [4.78, 5) is 71.7. The smallest absolute Gasteiger partial charge is 0.335 e. The SMILES string of the molecule is CC[C@H](C)[C@H](C[C@H](O)CC(=O)O[C@@H]1C(C)O[C@@H](OC(=O)[C@]23CCC(C)(C)CC2C2=CCC4[C@@]5(C)CC[C@H](O[C@@H]6OC(C(=O)O)[C@H](O)[C@H](O[C@@H]7OC[C@@H](O)[C@H](O)C7O)C6O[C@@H]6OC(CO)[C@H](O)[C@H](O)C6O)[C@@](C)(C=O)C5CC[C@@]4(C)[C@]2(C)C[C@H]3O)[C@H](O[C@@H]2OC(C)[C@H](OC3OCC(O)[C@H](O)[C@@H]3O)[C@H](O)C2O)C1O)OC(=O)C[C@@H](O)C[C@H](OC1(O)CO[C@@H](CO)C1O)[C@@H](C)CC. The number of ether oxygens (including phenoxy) is 16. The fourth-order valence-corrected chi connectivity index (χ4v) is 22.9. The number of aliphatic hydroxyl groups excluding tert-OH is 19. The summed E-state index contributed by atoms with van der Waals surface area (Å²) in [6.45, 7) is 18.8. The van der Waals surface area contributed by atoms with Crippen LogP contribution in [0.2, 0.25) is 0 Å². The van der Waals surface area contributed by atoms with Gasteiger partial charge in [0.25, 0.3) is 0 Å². The molecule has 7 heterocycles. The van der Waals surface area contributed by atoms with Gasteiger partial charge in [-0.15, -0.1) is 0 Å². The van der Waals surface area contributed by atoms with Crippen LogP contribution in [-0.2, 0) is 99.8 Å². The van der Waals surface area contributed by atoms with Crippen LogP contribution >= 0.6 is 0 Å². The van der Waals surface area contributed by atoms with E-state index in [0.29, 0.717) is 51.4 Å². The van der Waals surface area contributed by atoms with Crippen LogP contribution in [0.3, 0.4) is 0 Å². The number of rotatable bonds is 32. The molecule has 0 radical (unpaired) electrons. The average Bonchev–Trinajstić information content (AvgIpc) is 0.716. The second-order valence-corrected chi connectivity index (χ2v) is 40.2. The van der Waals surface area contributed by atoms with Gasteiger partial charge >= 0.3 is 23.9 Å². The second kappa shape index (κ2) is 40.9. The maximum Gasteiger partial charge on any atom is 0.335 e. The van der Waals surface area contributed by atoms with Gasteiger partial charge in [0.2, 0.25) is 12.1 Å². The van der Waals surface area contributed by atoms with Crippen LogP contribution < -0.4 is 0 Å². The van der Waals surface area contributed by atoms with Crippen molar-refractivity contribution in [2.75, 3.05) is 33.0 Å². The third-order valence-electron chi connectivity index (χ3n) is 31.5. The third-order valence-corrected chi connectivity index (χ3v) is 31.5. The van der Waals surface area contributed by atoms with Gasteiger partial charge in [0.1, 0.15) is 140 Å². The molecule has 0 spiro atoms. The first kappa shape index (κ1) is 104. The van der Waals surface area contributed by atoms with Crippen molar-refractivity contribution in [1.29, 1.82) is 0 Å². The highest BCUT2D eigenvalue weighted by atomic mass is 16.8. The Labute approximate surface area is 747 Å². The lowest BCUT2D eigenvalue weighted by Gasteiger charge is -2.71. The summed E-state index contributed by atoms with van der Waals surface area (Å²) < 4.78 is 96.3. The highest BCUT2D eigenvalue weighted by Crippen LogP contribution is 2.76. The number of carboxylic acid groups (broad SMARTS) is 1. The molecule has 4 saturated carbocycles. The Bertz CT molecular complexity index is 3810. The lowest BCUT2D eigenvalue weighted by Crippen LogP contribution is -2.69. The Morgan fingerprint density at radius 2 is 1.09 bits per heavy atom. The molecule has 0 bridgehead atoms. The molecule has 42 nitrogen and oxygen atoms in total. The lowest BCUT2D eigenvalue weighted by atomic mass is 9.33. The largest absolute Gasteiger partial charge is 0.479 e. The number of fused-ring (bicyclic) bond motifs is 7. The highest BCUT2D eigenvalue weighted by molar-refractivity contribution is 5.80. The van der Waals surface area contributed by atoms with Crippen LogP contribution in [0.4, 0.5) is 0 Å². The molecule has 12 rings (SSSR count). The van der Waals surface area contributed by atoms with E-state index in [1.54, 1.807) is 27.7 Å². The van der Waals surface area contributed by atoms with E-state index in [1.165, 1.54) is 13.8 Å². The summed E-state index contributed by atoms with van der Waals surface area (Å²) in [5, 5.41) is 234. The maximum atomic E-state index is 16.2. The van der Waals surface area contributed by atoms with Crippen molar-refractivity contribution < 1.29 is 207 Å². The van der Waals surface area contributed by atoms with Gasteiger partial charge in [-0.05, 0) is 123 Å². The molecule has 11 fully saturated rings. The molecule has 7 saturated heterocycles. The summed E-state index contributed by atoms with van der Waals surface area (Å²) in [6.07, 6.45) is -59.0. The molecule has 0 aromatic rings. The van der Waals surface area contributed by atoms with Crippen molar-refractivity contribution in [2.24, 2.45) is 62.1 Å². The van der Waals surface area contributed by atoms with Crippen LogP contribution in [-0.4, -0.2) is 397 Å². The van der Waals surface area contributed by atoms with Crippen molar-refractivity contribution in [1.82, 2.24) is 0 Å². The first-order valence-electron chi connectivity index (χ1n) is 45.4. The third kappa shape index (κ3) is 20.1. The van der Waals surface area contributed by atoms with Gasteiger partial charge in [0.05, 0.1) is 87.4 Å². The van der Waals surface area contributed by atoms with Gasteiger partial charge in [-0.2, -0.15) is 0 Å². The van der Waals surface area contributed by atoms with E-state index in [1.807, 2.05) is 20.8 Å². The number of aldehydes is 1. The topological polar surface area (TPSA) is 658 Å². The molecular weight excluding hydrogens is 1720 g/mol. The first-order valence-corrected chi connectivity index (χ1v) is 45.4. The van der Waals surface area contributed by atoms with Crippen LogP contribution in [0.1, 0.15) is 179 Å². The monoisotopic (exact) mass is 1860 g/mol.